The van der Waals surface area contributed by atoms with Gasteiger partial charge in [-0.2, -0.15) is 0 Å². The van der Waals surface area contributed by atoms with Gasteiger partial charge >= 0.3 is 5.97 Å². The number of carboxylic acid groups (broad SMARTS) is 1. The third-order valence-electron chi connectivity index (χ3n) is 2.74. The van der Waals surface area contributed by atoms with E-state index in [2.05, 4.69) is 5.32 Å². The Morgan fingerprint density at radius 2 is 2.00 bits per heavy atom. The third-order valence-corrected chi connectivity index (χ3v) is 2.74. The lowest BCUT2D eigenvalue weighted by molar-refractivity contribution is -0.145. The molecule has 1 aliphatic carbocycles. The predicted molar refractivity (Wildman–Crippen MR) is 40.2 cm³/mol. The van der Waals surface area contributed by atoms with Crippen molar-refractivity contribution in [2.75, 3.05) is 13.1 Å². The second kappa shape index (κ2) is 2.48. The molecule has 3 heteroatoms. The average Bonchev–Trinajstić information content (AvgIpc) is 2.58. The average molecular weight is 155 g/mol. The highest BCUT2D eigenvalue weighted by atomic mass is 16.4. The van der Waals surface area contributed by atoms with Crippen molar-refractivity contribution in [1.82, 2.24) is 5.32 Å². The Hall–Kier alpha value is -0.570. The van der Waals surface area contributed by atoms with Gasteiger partial charge in [-0.25, -0.2) is 0 Å². The first-order valence-electron chi connectivity index (χ1n) is 4.22. The molecular formula is C8H13NO2. The number of rotatable bonds is 3. The lowest BCUT2D eigenvalue weighted by atomic mass is 9.84. The number of nitrogens with one attached hydrogen (secondary N) is 1. The van der Waals surface area contributed by atoms with Gasteiger partial charge in [-0.05, 0) is 24.7 Å². The summed E-state index contributed by atoms with van der Waals surface area (Å²) in [6.07, 6.45) is 2.26. The highest BCUT2D eigenvalue weighted by Gasteiger charge is 2.43. The van der Waals surface area contributed by atoms with E-state index in [0.717, 1.165) is 25.9 Å². The predicted octanol–water partition coefficient (Wildman–Crippen LogP) is 0.317. The van der Waals surface area contributed by atoms with E-state index in [1.165, 1.54) is 0 Å². The molecule has 2 fully saturated rings. The van der Waals surface area contributed by atoms with E-state index in [-0.39, 0.29) is 5.92 Å². The molecule has 1 atom stereocenters. The molecule has 0 amide bonds. The minimum atomic E-state index is -0.584. The Morgan fingerprint density at radius 1 is 1.36 bits per heavy atom. The quantitative estimate of drug-likeness (QED) is 0.617. The largest absolute Gasteiger partial charge is 0.481 e. The van der Waals surface area contributed by atoms with Gasteiger partial charge in [0.1, 0.15) is 0 Å². The third kappa shape index (κ3) is 1.25. The molecule has 0 spiro atoms. The molecule has 1 unspecified atom stereocenters. The van der Waals surface area contributed by atoms with Crippen LogP contribution in [0.1, 0.15) is 12.8 Å². The van der Waals surface area contributed by atoms with Crippen LogP contribution >= 0.6 is 0 Å². The maximum atomic E-state index is 10.8. The zero-order valence-electron chi connectivity index (χ0n) is 6.42. The van der Waals surface area contributed by atoms with Crippen LogP contribution in [0.3, 0.4) is 0 Å². The summed E-state index contributed by atoms with van der Waals surface area (Å²) in [5.41, 5.74) is 0. The maximum absolute atomic E-state index is 10.8. The summed E-state index contributed by atoms with van der Waals surface area (Å²) in [5.74, 6) is 0.287. The lowest BCUT2D eigenvalue weighted by Crippen LogP contribution is -2.49. The highest BCUT2D eigenvalue weighted by molar-refractivity contribution is 5.71. The zero-order chi connectivity index (χ0) is 7.84. The first-order chi connectivity index (χ1) is 5.29. The van der Waals surface area contributed by atoms with E-state index in [0.29, 0.717) is 11.8 Å². The van der Waals surface area contributed by atoms with Crippen molar-refractivity contribution in [2.24, 2.45) is 17.8 Å². The molecule has 0 bridgehead atoms. The van der Waals surface area contributed by atoms with Crippen LogP contribution in [0.2, 0.25) is 0 Å². The van der Waals surface area contributed by atoms with E-state index in [4.69, 9.17) is 5.11 Å². The summed E-state index contributed by atoms with van der Waals surface area (Å²) < 4.78 is 0. The molecule has 2 rings (SSSR count). The van der Waals surface area contributed by atoms with E-state index in [9.17, 15) is 4.79 Å². The van der Waals surface area contributed by atoms with Gasteiger partial charge in [0.2, 0.25) is 0 Å². The topological polar surface area (TPSA) is 49.3 Å². The van der Waals surface area contributed by atoms with Crippen LogP contribution in [0, 0.1) is 17.8 Å². The SMILES string of the molecule is O=C(O)C(C1CC1)C1CNC1. The summed E-state index contributed by atoms with van der Waals surface area (Å²) in [5, 5.41) is 12.0. The van der Waals surface area contributed by atoms with Crippen molar-refractivity contribution in [3.63, 3.8) is 0 Å². The van der Waals surface area contributed by atoms with E-state index in [1.807, 2.05) is 0 Å². The maximum Gasteiger partial charge on any atom is 0.307 e. The van der Waals surface area contributed by atoms with E-state index in [1.54, 1.807) is 0 Å². The highest BCUT2D eigenvalue weighted by Crippen LogP contribution is 2.41. The number of hydrogen-bond acceptors (Lipinski definition) is 2. The Morgan fingerprint density at radius 3 is 2.27 bits per heavy atom. The molecule has 1 aliphatic heterocycles. The van der Waals surface area contributed by atoms with Crippen LogP contribution < -0.4 is 5.32 Å². The standard InChI is InChI=1S/C8H13NO2/c10-8(11)7(5-1-2-5)6-3-9-4-6/h5-7,9H,1-4H2,(H,10,11). The van der Waals surface area contributed by atoms with Gasteiger partial charge in [-0.1, -0.05) is 0 Å². The molecule has 1 saturated heterocycles. The molecular weight excluding hydrogens is 142 g/mol. The van der Waals surface area contributed by atoms with Gasteiger partial charge in [0.25, 0.3) is 0 Å². The molecule has 2 N–H and O–H groups in total. The first-order valence-corrected chi connectivity index (χ1v) is 4.22. The van der Waals surface area contributed by atoms with Crippen LogP contribution in [-0.4, -0.2) is 24.2 Å². The number of hydrogen-bond donors (Lipinski definition) is 2. The number of aliphatic carboxylic acids is 1. The summed E-state index contributed by atoms with van der Waals surface area (Å²) in [6, 6.07) is 0. The number of carbonyl (C=O) groups is 1. The summed E-state index contributed by atoms with van der Waals surface area (Å²) in [6.45, 7) is 1.82. The van der Waals surface area contributed by atoms with E-state index >= 15 is 0 Å². The van der Waals surface area contributed by atoms with Crippen LogP contribution in [0.4, 0.5) is 0 Å². The van der Waals surface area contributed by atoms with Crippen molar-refractivity contribution in [3.05, 3.63) is 0 Å². The molecule has 1 saturated carbocycles. The minimum absolute atomic E-state index is 0.0451. The van der Waals surface area contributed by atoms with Gasteiger partial charge in [-0.3, -0.25) is 4.79 Å². The minimum Gasteiger partial charge on any atom is -0.481 e. The Bertz CT molecular complexity index is 173. The molecule has 0 aromatic carbocycles. The van der Waals surface area contributed by atoms with Crippen LogP contribution in [0.15, 0.2) is 0 Å². The fraction of sp³-hybridized carbons (Fsp3) is 0.875. The van der Waals surface area contributed by atoms with Crippen molar-refractivity contribution >= 4 is 5.97 Å². The monoisotopic (exact) mass is 155 g/mol. The summed E-state index contributed by atoms with van der Waals surface area (Å²) in [7, 11) is 0. The zero-order valence-corrected chi connectivity index (χ0v) is 6.42. The molecule has 11 heavy (non-hydrogen) atoms. The van der Waals surface area contributed by atoms with Gasteiger partial charge in [-0.15, -0.1) is 0 Å². The summed E-state index contributed by atoms with van der Waals surface area (Å²) in [4.78, 5) is 10.8. The van der Waals surface area contributed by atoms with Crippen LogP contribution in [-0.2, 0) is 4.79 Å². The molecule has 1 heterocycles. The fourth-order valence-electron chi connectivity index (χ4n) is 1.81. The second-order valence-corrected chi connectivity index (χ2v) is 3.62. The lowest BCUT2D eigenvalue weighted by Gasteiger charge is -2.32. The summed E-state index contributed by atoms with van der Waals surface area (Å²) >= 11 is 0. The fourth-order valence-corrected chi connectivity index (χ4v) is 1.81. The Labute approximate surface area is 65.8 Å². The molecule has 0 radical (unpaired) electrons. The van der Waals surface area contributed by atoms with Gasteiger partial charge in [0.05, 0.1) is 5.92 Å². The molecule has 0 aromatic rings. The van der Waals surface area contributed by atoms with E-state index < -0.39 is 5.97 Å². The van der Waals surface area contributed by atoms with Crippen LogP contribution in [0.25, 0.3) is 0 Å². The van der Waals surface area contributed by atoms with Crippen molar-refractivity contribution in [3.8, 4) is 0 Å². The smallest absolute Gasteiger partial charge is 0.307 e. The normalized spacial score (nSPS) is 27.6. The van der Waals surface area contributed by atoms with Crippen molar-refractivity contribution in [1.29, 1.82) is 0 Å². The Balaban J connectivity index is 1.96. The van der Waals surface area contributed by atoms with Gasteiger partial charge in [0.15, 0.2) is 0 Å². The molecule has 0 aromatic heterocycles. The Kier molecular flexibility index (Phi) is 1.60. The van der Waals surface area contributed by atoms with Crippen LogP contribution in [0.5, 0.6) is 0 Å². The van der Waals surface area contributed by atoms with Gasteiger partial charge < -0.3 is 10.4 Å². The van der Waals surface area contributed by atoms with Crippen molar-refractivity contribution in [2.45, 2.75) is 12.8 Å². The van der Waals surface area contributed by atoms with Crippen molar-refractivity contribution < 1.29 is 9.90 Å². The first kappa shape index (κ1) is 7.10. The molecule has 2 aliphatic rings. The number of carboxylic acids is 1. The molecule has 62 valence electrons. The molecule has 3 nitrogen and oxygen atoms in total. The van der Waals surface area contributed by atoms with Gasteiger partial charge in [0, 0.05) is 13.1 Å². The second-order valence-electron chi connectivity index (χ2n) is 3.62.